The van der Waals surface area contributed by atoms with Crippen molar-refractivity contribution in [2.45, 2.75) is 124 Å². The smallest absolute Gasteiger partial charge is 0.186 e. The third-order valence-electron chi connectivity index (χ3n) is 6.92. The molecule has 14 N–H and O–H groups in total. The molecule has 36 heavy (non-hydrogen) atoms. The zero-order chi connectivity index (χ0) is 26.9. The van der Waals surface area contributed by atoms with E-state index in [4.69, 9.17) is 47.6 Å². The SMILES string of the molecule is CC(C)(C)SC[C@H]1O[C@H](O[C@@H]2[C@@H](O)[C@H](O[C@H]3O[C@H](CN)[C@@H](O)C[C@H]3N)[C@@H](N)C[C@H]2N)[C@H](O)[C@@H](N)[C@@H]1O. The molecule has 2 aliphatic heterocycles. The first kappa shape index (κ1) is 30.4. The van der Waals surface area contributed by atoms with Crippen molar-refractivity contribution in [1.82, 2.24) is 0 Å². The fourth-order valence-corrected chi connectivity index (χ4v) is 5.69. The highest BCUT2D eigenvalue weighted by molar-refractivity contribution is 8.00. The molecule has 0 amide bonds. The minimum atomic E-state index is -1.35. The number of nitrogens with two attached hydrogens (primary N) is 5. The van der Waals surface area contributed by atoms with Crippen LogP contribution in [0.1, 0.15) is 33.6 Å². The molecule has 2 heterocycles. The predicted molar refractivity (Wildman–Crippen MR) is 133 cm³/mol. The van der Waals surface area contributed by atoms with E-state index in [1.807, 2.05) is 20.8 Å². The number of rotatable bonds is 7. The van der Waals surface area contributed by atoms with Crippen molar-refractivity contribution in [3.05, 3.63) is 0 Å². The lowest BCUT2D eigenvalue weighted by molar-refractivity contribution is -0.309. The van der Waals surface area contributed by atoms with Gasteiger partial charge in [-0.3, -0.25) is 0 Å². The minimum absolute atomic E-state index is 0.0707. The Kier molecular flexibility index (Phi) is 10.4. The summed E-state index contributed by atoms with van der Waals surface area (Å²) in [7, 11) is 0. The molecule has 2 saturated heterocycles. The first-order valence-corrected chi connectivity index (χ1v) is 13.4. The van der Waals surface area contributed by atoms with Gasteiger partial charge in [0.1, 0.15) is 24.4 Å². The summed E-state index contributed by atoms with van der Waals surface area (Å²) < 4.78 is 23.5. The number of hydrogen-bond acceptors (Lipinski definition) is 14. The van der Waals surface area contributed by atoms with E-state index >= 15 is 0 Å². The number of thioether (sulfide) groups is 1. The summed E-state index contributed by atoms with van der Waals surface area (Å²) in [6, 6.07) is -3.04. The van der Waals surface area contributed by atoms with E-state index in [1.165, 1.54) is 0 Å². The molecule has 0 unspecified atom stereocenters. The molecule has 0 aromatic heterocycles. The van der Waals surface area contributed by atoms with Crippen LogP contribution in [0.4, 0.5) is 0 Å². The average Bonchev–Trinajstić information content (AvgIpc) is 2.79. The van der Waals surface area contributed by atoms with E-state index in [1.54, 1.807) is 11.8 Å². The van der Waals surface area contributed by atoms with Crippen molar-refractivity contribution >= 4 is 11.8 Å². The van der Waals surface area contributed by atoms with Crippen molar-refractivity contribution in [3.8, 4) is 0 Å². The predicted octanol–water partition coefficient (Wildman–Crippen LogP) is -3.76. The van der Waals surface area contributed by atoms with Gasteiger partial charge >= 0.3 is 0 Å². The number of aliphatic hydroxyl groups excluding tert-OH is 4. The van der Waals surface area contributed by atoms with E-state index in [2.05, 4.69) is 0 Å². The van der Waals surface area contributed by atoms with Crippen LogP contribution in [0.2, 0.25) is 0 Å². The maximum Gasteiger partial charge on any atom is 0.186 e. The van der Waals surface area contributed by atoms with Crippen LogP contribution in [0.25, 0.3) is 0 Å². The molecule has 14 atom stereocenters. The molecule has 3 aliphatic rings. The lowest BCUT2D eigenvalue weighted by atomic mass is 9.84. The van der Waals surface area contributed by atoms with Gasteiger partial charge in [0.25, 0.3) is 0 Å². The quantitative estimate of drug-likeness (QED) is 0.151. The molecule has 212 valence electrons. The second-order valence-electron chi connectivity index (χ2n) is 11.0. The molecule has 0 radical (unpaired) electrons. The Morgan fingerprint density at radius 3 is 1.89 bits per heavy atom. The van der Waals surface area contributed by atoms with Gasteiger partial charge in [-0.1, -0.05) is 20.8 Å². The molecule has 3 fully saturated rings. The summed E-state index contributed by atoms with van der Waals surface area (Å²) in [4.78, 5) is 0. The van der Waals surface area contributed by atoms with Gasteiger partial charge < -0.3 is 68.0 Å². The van der Waals surface area contributed by atoms with Crippen molar-refractivity contribution < 1.29 is 39.4 Å². The Balaban J connectivity index is 1.70. The second-order valence-corrected chi connectivity index (χ2v) is 12.9. The van der Waals surface area contributed by atoms with Gasteiger partial charge in [-0.15, -0.1) is 0 Å². The monoisotopic (exact) mass is 539 g/mol. The molecule has 0 spiro atoms. The Bertz CT molecular complexity index is 708. The zero-order valence-corrected chi connectivity index (χ0v) is 21.9. The van der Waals surface area contributed by atoms with Crippen LogP contribution in [0.5, 0.6) is 0 Å². The molecule has 3 rings (SSSR count). The van der Waals surface area contributed by atoms with Crippen LogP contribution in [0.15, 0.2) is 0 Å². The summed E-state index contributed by atoms with van der Waals surface area (Å²) in [5, 5.41) is 42.4. The molecular formula is C22H45N5O8S. The van der Waals surface area contributed by atoms with Gasteiger partial charge in [-0.2, -0.15) is 11.8 Å². The summed E-state index contributed by atoms with van der Waals surface area (Å²) in [6.45, 7) is 6.18. The van der Waals surface area contributed by atoms with Gasteiger partial charge in [-0.05, 0) is 12.8 Å². The summed E-state index contributed by atoms with van der Waals surface area (Å²) in [6.07, 6.45) is -9.70. The molecular weight excluding hydrogens is 494 g/mol. The fourth-order valence-electron chi connectivity index (χ4n) is 4.75. The van der Waals surface area contributed by atoms with Gasteiger partial charge in [0.05, 0.1) is 36.5 Å². The van der Waals surface area contributed by atoms with Crippen LogP contribution in [0, 0.1) is 0 Å². The van der Waals surface area contributed by atoms with E-state index in [0.29, 0.717) is 5.75 Å². The van der Waals surface area contributed by atoms with Crippen molar-refractivity contribution in [3.63, 3.8) is 0 Å². The van der Waals surface area contributed by atoms with E-state index in [-0.39, 0.29) is 24.1 Å². The van der Waals surface area contributed by atoms with E-state index < -0.39 is 85.6 Å². The topological polar surface area (TPSA) is 248 Å². The van der Waals surface area contributed by atoms with Crippen LogP contribution in [-0.2, 0) is 18.9 Å². The highest BCUT2D eigenvalue weighted by atomic mass is 32.2. The molecule has 1 aliphatic carbocycles. The first-order valence-electron chi connectivity index (χ1n) is 12.4. The molecule has 13 nitrogen and oxygen atoms in total. The summed E-state index contributed by atoms with van der Waals surface area (Å²) >= 11 is 1.58. The maximum absolute atomic E-state index is 11.2. The third-order valence-corrected chi connectivity index (χ3v) is 8.28. The molecule has 0 aromatic carbocycles. The van der Waals surface area contributed by atoms with E-state index in [0.717, 1.165) is 0 Å². The highest BCUT2D eigenvalue weighted by Crippen LogP contribution is 2.33. The number of hydrogen-bond donors (Lipinski definition) is 9. The Morgan fingerprint density at radius 1 is 0.778 bits per heavy atom. The number of ether oxygens (including phenoxy) is 4. The maximum atomic E-state index is 11.2. The Hall–Kier alpha value is -0.170. The minimum Gasteiger partial charge on any atom is -0.390 e. The summed E-state index contributed by atoms with van der Waals surface area (Å²) in [5.74, 6) is 0.423. The molecule has 14 heteroatoms. The van der Waals surface area contributed by atoms with Gasteiger partial charge in [0, 0.05) is 29.1 Å². The normalized spacial score (nSPS) is 48.7. The Labute approximate surface area is 216 Å². The van der Waals surface area contributed by atoms with Crippen LogP contribution in [-0.4, -0.2) is 123 Å². The first-order chi connectivity index (χ1) is 16.7. The van der Waals surface area contributed by atoms with Crippen LogP contribution >= 0.6 is 11.8 Å². The lowest BCUT2D eigenvalue weighted by Crippen LogP contribution is -2.68. The average molecular weight is 540 g/mol. The third kappa shape index (κ3) is 7.07. The van der Waals surface area contributed by atoms with Crippen LogP contribution < -0.4 is 28.7 Å². The Morgan fingerprint density at radius 2 is 1.33 bits per heavy atom. The number of aliphatic hydroxyl groups is 4. The van der Waals surface area contributed by atoms with Gasteiger partial charge in [-0.25, -0.2) is 0 Å². The van der Waals surface area contributed by atoms with Crippen molar-refractivity contribution in [2.24, 2.45) is 28.7 Å². The van der Waals surface area contributed by atoms with Crippen molar-refractivity contribution in [1.29, 1.82) is 0 Å². The largest absolute Gasteiger partial charge is 0.390 e. The molecule has 0 aromatic rings. The highest BCUT2D eigenvalue weighted by Gasteiger charge is 2.50. The standard InChI is InChI=1S/C22H45N5O8S/c1-22(2,3)36-7-13-15(29)14(27)16(30)21(33-13)35-19-9(25)4-8(24)18(17(19)31)34-20-10(26)5-11(28)12(6-23)32-20/h8-21,28-31H,4-7,23-27H2,1-3H3/t8-,9+,10+,11-,12+,13+,14-,15+,16+,17-,18+,19-,20+,21+/m0/s1. The van der Waals surface area contributed by atoms with Gasteiger partial charge in [0.15, 0.2) is 12.6 Å². The van der Waals surface area contributed by atoms with Crippen molar-refractivity contribution in [2.75, 3.05) is 12.3 Å². The van der Waals surface area contributed by atoms with Gasteiger partial charge in [0.2, 0.25) is 0 Å². The summed E-state index contributed by atoms with van der Waals surface area (Å²) in [5.41, 5.74) is 30.4. The van der Waals surface area contributed by atoms with Crippen LogP contribution in [0.3, 0.4) is 0 Å². The fraction of sp³-hybridized carbons (Fsp3) is 1.00. The second kappa shape index (κ2) is 12.3. The molecule has 1 saturated carbocycles. The lowest BCUT2D eigenvalue weighted by Gasteiger charge is -2.48. The zero-order valence-electron chi connectivity index (χ0n) is 21.1. The van der Waals surface area contributed by atoms with E-state index in [9.17, 15) is 20.4 Å². The molecule has 0 bridgehead atoms.